The lowest BCUT2D eigenvalue weighted by Gasteiger charge is -2.13. The average Bonchev–Trinajstić information content (AvgIpc) is 2.97. The number of nitrogens with zero attached hydrogens (tertiary/aromatic N) is 3. The summed E-state index contributed by atoms with van der Waals surface area (Å²) in [4.78, 5) is 11.9. The summed E-state index contributed by atoms with van der Waals surface area (Å²) in [6.45, 7) is 1.91. The fourth-order valence-electron chi connectivity index (χ4n) is 3.12. The molecule has 218 valence electrons. The minimum absolute atomic E-state index is 0.116. The number of ether oxygens (including phenoxy) is 5. The molecular formula is C24H27F5N6O5. The van der Waals surface area contributed by atoms with E-state index < -0.39 is 40.8 Å². The maximum Gasteiger partial charge on any atom is 0.328 e. The third-order valence-corrected chi connectivity index (χ3v) is 5.00. The molecule has 0 unspecified atom stereocenters. The topological polar surface area (TPSA) is 135 Å². The Kier molecular flexibility index (Phi) is 11.4. The first-order valence-electron chi connectivity index (χ1n) is 11.8. The van der Waals surface area contributed by atoms with Crippen LogP contribution in [0.1, 0.15) is 5.56 Å². The highest BCUT2D eigenvalue weighted by molar-refractivity contribution is 5.42. The number of benzene rings is 2. The summed E-state index contributed by atoms with van der Waals surface area (Å²) >= 11 is 0. The molecule has 0 radical (unpaired) electrons. The van der Waals surface area contributed by atoms with Crippen LogP contribution in [0.25, 0.3) is 0 Å². The van der Waals surface area contributed by atoms with Gasteiger partial charge in [-0.2, -0.15) is 23.7 Å². The maximum absolute atomic E-state index is 14.2. The molecule has 16 heteroatoms. The zero-order chi connectivity index (χ0) is 29.1. The van der Waals surface area contributed by atoms with Crippen LogP contribution >= 0.6 is 0 Å². The van der Waals surface area contributed by atoms with Crippen molar-refractivity contribution < 1.29 is 45.6 Å². The molecule has 4 N–H and O–H groups in total. The molecule has 40 heavy (non-hydrogen) atoms. The maximum atomic E-state index is 14.2. The van der Waals surface area contributed by atoms with E-state index in [1.54, 1.807) is 18.2 Å². The van der Waals surface area contributed by atoms with E-state index in [9.17, 15) is 22.0 Å². The monoisotopic (exact) mass is 574 g/mol. The van der Waals surface area contributed by atoms with Crippen molar-refractivity contribution >= 4 is 11.9 Å². The van der Waals surface area contributed by atoms with Gasteiger partial charge in [0.1, 0.15) is 11.5 Å². The summed E-state index contributed by atoms with van der Waals surface area (Å²) in [7, 11) is 2.96. The van der Waals surface area contributed by atoms with E-state index in [0.717, 1.165) is 0 Å². The first-order chi connectivity index (χ1) is 19.3. The van der Waals surface area contributed by atoms with Crippen LogP contribution in [0.2, 0.25) is 0 Å². The van der Waals surface area contributed by atoms with Crippen molar-refractivity contribution in [3.05, 3.63) is 52.8 Å². The second-order valence-corrected chi connectivity index (χ2v) is 7.78. The molecule has 11 nitrogen and oxygen atoms in total. The Hall–Kier alpha value is -4.02. The number of hydrogen-bond acceptors (Lipinski definition) is 11. The number of nitrogens with one attached hydrogen (secondary N) is 2. The molecule has 1 heterocycles. The lowest BCUT2D eigenvalue weighted by atomic mass is 10.2. The molecule has 2 aromatic carbocycles. The van der Waals surface area contributed by atoms with Crippen LogP contribution in [0.3, 0.4) is 0 Å². The minimum atomic E-state index is -2.33. The van der Waals surface area contributed by atoms with Gasteiger partial charge in [-0.15, -0.1) is 0 Å². The molecule has 3 aromatic rings. The fraction of sp³-hybridized carbons (Fsp3) is 0.375. The van der Waals surface area contributed by atoms with Crippen LogP contribution in [0.5, 0.6) is 23.3 Å². The van der Waals surface area contributed by atoms with Crippen molar-refractivity contribution in [2.24, 2.45) is 5.73 Å². The summed E-state index contributed by atoms with van der Waals surface area (Å²) in [5.74, 6) is -11.9. The number of methoxy groups -OCH3 is 2. The second-order valence-electron chi connectivity index (χ2n) is 7.78. The van der Waals surface area contributed by atoms with Gasteiger partial charge in [0.05, 0.1) is 40.6 Å². The first-order valence-corrected chi connectivity index (χ1v) is 11.8. The number of nitrogens with two attached hydrogens (primary N) is 1. The third kappa shape index (κ3) is 8.24. The normalized spacial score (nSPS) is 10.9. The van der Waals surface area contributed by atoms with Crippen molar-refractivity contribution in [3.8, 4) is 23.3 Å². The van der Waals surface area contributed by atoms with E-state index in [2.05, 4.69) is 25.6 Å². The van der Waals surface area contributed by atoms with Gasteiger partial charge >= 0.3 is 6.01 Å². The number of anilines is 2. The SMILES string of the molecule is COc1cc(CNc2nc(NCCOCCOCCN)nc(Oc3c(F)c(F)c(F)c(F)c3F)n2)cc(OC)c1. The number of halogens is 5. The van der Waals surface area contributed by atoms with E-state index in [1.165, 1.54) is 14.2 Å². The molecule has 0 amide bonds. The minimum Gasteiger partial charge on any atom is -0.497 e. The Morgan fingerprint density at radius 3 is 1.82 bits per heavy atom. The van der Waals surface area contributed by atoms with Gasteiger partial charge in [-0.1, -0.05) is 0 Å². The van der Waals surface area contributed by atoms with E-state index in [0.29, 0.717) is 43.4 Å². The molecule has 0 bridgehead atoms. The lowest BCUT2D eigenvalue weighted by Crippen LogP contribution is -2.16. The molecule has 0 spiro atoms. The Bertz CT molecular complexity index is 1240. The van der Waals surface area contributed by atoms with Gasteiger partial charge in [-0.25, -0.2) is 13.2 Å². The third-order valence-electron chi connectivity index (χ3n) is 5.00. The molecule has 0 fully saturated rings. The van der Waals surface area contributed by atoms with E-state index >= 15 is 0 Å². The molecular weight excluding hydrogens is 547 g/mol. The van der Waals surface area contributed by atoms with Gasteiger partial charge in [0.2, 0.25) is 46.7 Å². The number of hydrogen-bond donors (Lipinski definition) is 3. The summed E-state index contributed by atoms with van der Waals surface area (Å²) in [6, 6.07) is 4.33. The van der Waals surface area contributed by atoms with Crippen molar-refractivity contribution in [1.29, 1.82) is 0 Å². The van der Waals surface area contributed by atoms with Gasteiger partial charge < -0.3 is 40.1 Å². The van der Waals surface area contributed by atoms with Gasteiger partial charge in [0, 0.05) is 25.7 Å². The van der Waals surface area contributed by atoms with Gasteiger partial charge in [-0.05, 0) is 17.7 Å². The predicted octanol–water partition coefficient (Wildman–Crippen LogP) is 3.39. The largest absolute Gasteiger partial charge is 0.497 e. The standard InChI is InChI=1S/C24H27F5N6O5/c1-36-14-9-13(10-15(11-14)37-2)12-32-23-33-22(31-4-6-39-8-7-38-5-3-30)34-24(35-23)40-21-19(28)17(26)16(25)18(27)20(21)29/h9-11H,3-8,12,30H2,1-2H3,(H2,31,32,33,34,35). The average molecular weight is 575 g/mol. The first kappa shape index (κ1) is 30.5. The van der Waals surface area contributed by atoms with Crippen LogP contribution in [0.4, 0.5) is 33.8 Å². The lowest BCUT2D eigenvalue weighted by molar-refractivity contribution is 0.0547. The molecule has 0 atom stereocenters. The highest BCUT2D eigenvalue weighted by atomic mass is 19.2. The molecule has 0 aliphatic heterocycles. The van der Waals surface area contributed by atoms with Crippen molar-refractivity contribution in [2.45, 2.75) is 6.54 Å². The van der Waals surface area contributed by atoms with Gasteiger partial charge in [-0.3, -0.25) is 0 Å². The van der Waals surface area contributed by atoms with Crippen molar-refractivity contribution in [3.63, 3.8) is 0 Å². The number of aromatic nitrogens is 3. The van der Waals surface area contributed by atoms with E-state index in [4.69, 9.17) is 29.4 Å². The second kappa shape index (κ2) is 14.9. The zero-order valence-corrected chi connectivity index (χ0v) is 21.5. The van der Waals surface area contributed by atoms with E-state index in [1.807, 2.05) is 0 Å². The predicted molar refractivity (Wildman–Crippen MR) is 132 cm³/mol. The van der Waals surface area contributed by atoms with Crippen molar-refractivity contribution in [2.75, 3.05) is 64.4 Å². The molecule has 0 aliphatic rings. The van der Waals surface area contributed by atoms with Crippen LogP contribution in [-0.2, 0) is 16.0 Å². The van der Waals surface area contributed by atoms with Gasteiger partial charge in [0.25, 0.3) is 0 Å². The molecule has 0 aliphatic carbocycles. The van der Waals surface area contributed by atoms with Crippen molar-refractivity contribution in [1.82, 2.24) is 15.0 Å². The Labute approximate surface area is 225 Å². The number of rotatable bonds is 16. The van der Waals surface area contributed by atoms with Crippen LogP contribution in [-0.4, -0.2) is 68.7 Å². The highest BCUT2D eigenvalue weighted by Gasteiger charge is 2.28. The van der Waals surface area contributed by atoms with Crippen LogP contribution < -0.4 is 30.6 Å². The summed E-state index contributed by atoms with van der Waals surface area (Å²) < 4.78 is 95.1. The molecule has 0 saturated carbocycles. The summed E-state index contributed by atoms with van der Waals surface area (Å²) in [5, 5.41) is 5.68. The Morgan fingerprint density at radius 2 is 1.25 bits per heavy atom. The summed E-state index contributed by atoms with van der Waals surface area (Å²) in [5.41, 5.74) is 6.01. The quantitative estimate of drug-likeness (QED) is 0.101. The summed E-state index contributed by atoms with van der Waals surface area (Å²) in [6.07, 6.45) is 0. The Morgan fingerprint density at radius 1 is 0.700 bits per heavy atom. The van der Waals surface area contributed by atoms with Gasteiger partial charge in [0.15, 0.2) is 0 Å². The Balaban J connectivity index is 1.80. The van der Waals surface area contributed by atoms with Crippen LogP contribution in [0.15, 0.2) is 18.2 Å². The van der Waals surface area contributed by atoms with Crippen LogP contribution in [0, 0.1) is 29.1 Å². The molecule has 1 aromatic heterocycles. The molecule has 0 saturated heterocycles. The fourth-order valence-corrected chi connectivity index (χ4v) is 3.12. The smallest absolute Gasteiger partial charge is 0.328 e. The highest BCUT2D eigenvalue weighted by Crippen LogP contribution is 2.32. The van der Waals surface area contributed by atoms with E-state index in [-0.39, 0.29) is 31.6 Å². The zero-order valence-electron chi connectivity index (χ0n) is 21.5. The molecule has 3 rings (SSSR count).